The van der Waals surface area contributed by atoms with Crippen LogP contribution in [0.3, 0.4) is 0 Å². The lowest BCUT2D eigenvalue weighted by Crippen LogP contribution is -2.06. The normalized spacial score (nSPS) is 10.4. The third-order valence-electron chi connectivity index (χ3n) is 1.81. The van der Waals surface area contributed by atoms with Gasteiger partial charge in [0.05, 0.1) is 6.20 Å². The number of nitrogen functional groups attached to an aromatic ring is 1. The minimum atomic E-state index is 0.538. The molecule has 0 aromatic carbocycles. The summed E-state index contributed by atoms with van der Waals surface area (Å²) in [5.41, 5.74) is 6.48. The fraction of sp³-hybridized carbons (Fsp3) is 0.333. The lowest BCUT2D eigenvalue weighted by atomic mass is 10.3. The molecule has 0 aliphatic carbocycles. The standard InChI is InChI=1S/C6H10N8/c1-14-6(11-12-13-14)8-2-4-3-9-10-5(4)7/h3H,2H2,1H3,(H3,7,9,10)(H,8,11,13). The summed E-state index contributed by atoms with van der Waals surface area (Å²) in [7, 11) is 1.75. The van der Waals surface area contributed by atoms with Crippen molar-refractivity contribution in [1.29, 1.82) is 0 Å². The fourth-order valence-corrected chi connectivity index (χ4v) is 1.02. The summed E-state index contributed by atoms with van der Waals surface area (Å²) in [5.74, 6) is 1.14. The second-order valence-corrected chi connectivity index (χ2v) is 2.79. The van der Waals surface area contributed by atoms with Crippen molar-refractivity contribution in [2.24, 2.45) is 7.05 Å². The summed E-state index contributed by atoms with van der Waals surface area (Å²) in [4.78, 5) is 0. The van der Waals surface area contributed by atoms with Crippen LogP contribution in [-0.2, 0) is 13.6 Å². The van der Waals surface area contributed by atoms with E-state index >= 15 is 0 Å². The van der Waals surface area contributed by atoms with E-state index < -0.39 is 0 Å². The largest absolute Gasteiger partial charge is 0.384 e. The molecule has 4 N–H and O–H groups in total. The first-order chi connectivity index (χ1) is 6.77. The number of rotatable bonds is 3. The van der Waals surface area contributed by atoms with E-state index in [4.69, 9.17) is 5.73 Å². The molecule has 0 radical (unpaired) electrons. The smallest absolute Gasteiger partial charge is 0.242 e. The summed E-state index contributed by atoms with van der Waals surface area (Å²) in [5, 5.41) is 20.4. The maximum atomic E-state index is 5.60. The van der Waals surface area contributed by atoms with Crippen molar-refractivity contribution in [3.8, 4) is 0 Å². The maximum Gasteiger partial charge on any atom is 0.242 e. The summed E-state index contributed by atoms with van der Waals surface area (Å²) >= 11 is 0. The Balaban J connectivity index is 2.02. The minimum absolute atomic E-state index is 0.538. The van der Waals surface area contributed by atoms with E-state index in [-0.39, 0.29) is 0 Å². The van der Waals surface area contributed by atoms with E-state index in [2.05, 4.69) is 31.0 Å². The van der Waals surface area contributed by atoms with Gasteiger partial charge >= 0.3 is 0 Å². The average Bonchev–Trinajstić information content (AvgIpc) is 2.72. The molecule has 0 bridgehead atoms. The number of hydrogen-bond acceptors (Lipinski definition) is 6. The highest BCUT2D eigenvalue weighted by atomic mass is 15.6. The van der Waals surface area contributed by atoms with Crippen molar-refractivity contribution in [3.05, 3.63) is 11.8 Å². The number of nitrogens with one attached hydrogen (secondary N) is 2. The van der Waals surface area contributed by atoms with Gasteiger partial charge in [-0.1, -0.05) is 5.10 Å². The second-order valence-electron chi connectivity index (χ2n) is 2.79. The molecule has 0 saturated carbocycles. The molecule has 2 aromatic rings. The molecule has 0 unspecified atom stereocenters. The Morgan fingerprint density at radius 1 is 1.64 bits per heavy atom. The van der Waals surface area contributed by atoms with Gasteiger partial charge in [0.15, 0.2) is 0 Å². The van der Waals surface area contributed by atoms with E-state index in [0.717, 1.165) is 5.56 Å². The highest BCUT2D eigenvalue weighted by molar-refractivity contribution is 5.39. The van der Waals surface area contributed by atoms with Crippen LogP contribution in [0.25, 0.3) is 0 Å². The predicted octanol–water partition coefficient (Wildman–Crippen LogP) is -0.873. The third kappa shape index (κ3) is 1.49. The van der Waals surface area contributed by atoms with E-state index in [9.17, 15) is 0 Å². The Labute approximate surface area is 79.5 Å². The number of aryl methyl sites for hydroxylation is 1. The van der Waals surface area contributed by atoms with Crippen LogP contribution in [0.15, 0.2) is 6.20 Å². The monoisotopic (exact) mass is 194 g/mol. The molecule has 0 spiro atoms. The number of H-pyrrole nitrogens is 1. The molecule has 14 heavy (non-hydrogen) atoms. The molecular weight excluding hydrogens is 184 g/mol. The number of hydrogen-bond donors (Lipinski definition) is 3. The minimum Gasteiger partial charge on any atom is -0.384 e. The third-order valence-corrected chi connectivity index (χ3v) is 1.81. The fourth-order valence-electron chi connectivity index (χ4n) is 1.02. The van der Waals surface area contributed by atoms with Crippen molar-refractivity contribution >= 4 is 11.8 Å². The van der Waals surface area contributed by atoms with Crippen molar-refractivity contribution in [2.45, 2.75) is 6.54 Å². The van der Waals surface area contributed by atoms with Crippen LogP contribution >= 0.6 is 0 Å². The van der Waals surface area contributed by atoms with Crippen LogP contribution < -0.4 is 11.1 Å². The Hall–Kier alpha value is -2.12. The number of tetrazole rings is 1. The first-order valence-electron chi connectivity index (χ1n) is 4.01. The van der Waals surface area contributed by atoms with E-state index in [1.165, 1.54) is 4.68 Å². The molecule has 74 valence electrons. The number of aromatic amines is 1. The topological polar surface area (TPSA) is 110 Å². The molecule has 0 fully saturated rings. The van der Waals surface area contributed by atoms with Gasteiger partial charge in [-0.25, -0.2) is 4.68 Å². The van der Waals surface area contributed by atoms with Crippen LogP contribution in [0.1, 0.15) is 5.56 Å². The first-order valence-corrected chi connectivity index (χ1v) is 4.01. The van der Waals surface area contributed by atoms with E-state index in [1.807, 2.05) is 0 Å². The van der Waals surface area contributed by atoms with E-state index in [0.29, 0.717) is 18.3 Å². The molecule has 0 amide bonds. The molecule has 2 heterocycles. The molecule has 0 aliphatic rings. The van der Waals surface area contributed by atoms with E-state index in [1.54, 1.807) is 13.2 Å². The maximum absolute atomic E-state index is 5.60. The summed E-state index contributed by atoms with van der Waals surface area (Å²) < 4.78 is 1.54. The number of nitrogens with zero attached hydrogens (tertiary/aromatic N) is 5. The molecule has 2 rings (SSSR count). The van der Waals surface area contributed by atoms with Gasteiger partial charge in [0.2, 0.25) is 5.95 Å². The van der Waals surface area contributed by atoms with Crippen molar-refractivity contribution < 1.29 is 0 Å². The molecular formula is C6H10N8. The highest BCUT2D eigenvalue weighted by Gasteiger charge is 2.04. The Bertz CT molecular complexity index is 375. The molecule has 0 atom stereocenters. The lowest BCUT2D eigenvalue weighted by Gasteiger charge is -2.01. The van der Waals surface area contributed by atoms with Crippen LogP contribution in [0, 0.1) is 0 Å². The van der Waals surface area contributed by atoms with Gasteiger partial charge in [0.25, 0.3) is 0 Å². The summed E-state index contributed by atoms with van der Waals surface area (Å²) in [6.45, 7) is 0.538. The van der Waals surface area contributed by atoms with Gasteiger partial charge in [-0.2, -0.15) is 5.10 Å². The highest BCUT2D eigenvalue weighted by Crippen LogP contribution is 2.07. The van der Waals surface area contributed by atoms with Crippen molar-refractivity contribution in [3.63, 3.8) is 0 Å². The van der Waals surface area contributed by atoms with Crippen LogP contribution in [0.5, 0.6) is 0 Å². The number of aromatic nitrogens is 6. The Morgan fingerprint density at radius 3 is 3.07 bits per heavy atom. The molecule has 2 aromatic heterocycles. The number of anilines is 2. The summed E-state index contributed by atoms with van der Waals surface area (Å²) in [6, 6.07) is 0. The van der Waals surface area contributed by atoms with Crippen molar-refractivity contribution in [2.75, 3.05) is 11.1 Å². The van der Waals surface area contributed by atoms with Gasteiger partial charge < -0.3 is 11.1 Å². The van der Waals surface area contributed by atoms with Crippen LogP contribution in [-0.4, -0.2) is 30.4 Å². The molecule has 8 heteroatoms. The second kappa shape index (κ2) is 3.32. The zero-order chi connectivity index (χ0) is 9.97. The van der Waals surface area contributed by atoms with Gasteiger partial charge in [-0.15, -0.1) is 0 Å². The Kier molecular flexibility index (Phi) is 2.01. The molecule has 0 saturated heterocycles. The van der Waals surface area contributed by atoms with Gasteiger partial charge in [0, 0.05) is 19.2 Å². The first kappa shape index (κ1) is 8.48. The molecule has 0 aliphatic heterocycles. The van der Waals surface area contributed by atoms with Crippen LogP contribution in [0.4, 0.5) is 11.8 Å². The molecule has 8 nitrogen and oxygen atoms in total. The zero-order valence-electron chi connectivity index (χ0n) is 7.60. The number of nitrogens with two attached hydrogens (primary N) is 1. The quantitative estimate of drug-likeness (QED) is 0.585. The van der Waals surface area contributed by atoms with Crippen molar-refractivity contribution in [1.82, 2.24) is 30.4 Å². The summed E-state index contributed by atoms with van der Waals surface area (Å²) in [6.07, 6.45) is 1.66. The lowest BCUT2D eigenvalue weighted by molar-refractivity contribution is 0.712. The average molecular weight is 194 g/mol. The van der Waals surface area contributed by atoms with Gasteiger partial charge in [-0.3, -0.25) is 5.10 Å². The van der Waals surface area contributed by atoms with Crippen LogP contribution in [0.2, 0.25) is 0 Å². The predicted molar refractivity (Wildman–Crippen MR) is 49.1 cm³/mol. The van der Waals surface area contributed by atoms with Gasteiger partial charge in [0.1, 0.15) is 5.82 Å². The Morgan fingerprint density at radius 2 is 2.50 bits per heavy atom. The van der Waals surface area contributed by atoms with Gasteiger partial charge in [-0.05, 0) is 10.4 Å². The zero-order valence-corrected chi connectivity index (χ0v) is 7.60. The SMILES string of the molecule is Cn1nnnc1NCc1cn[nH]c1N.